The number of rotatable bonds is 7. The SMILES string of the molecule is COc1cccc2c1CC1CC(OC(=O)c3ccc(-c4ccccc4)cc3)[C@H](CCC=O)[C@H]1C2. The molecule has 2 aliphatic rings. The van der Waals surface area contributed by atoms with Crippen molar-refractivity contribution in [3.63, 3.8) is 0 Å². The van der Waals surface area contributed by atoms with Gasteiger partial charge in [-0.2, -0.15) is 0 Å². The van der Waals surface area contributed by atoms with E-state index in [0.717, 1.165) is 48.8 Å². The molecule has 3 aromatic rings. The maximum atomic E-state index is 13.1. The summed E-state index contributed by atoms with van der Waals surface area (Å²) in [6.45, 7) is 0. The molecule has 0 aliphatic heterocycles. The number of fused-ring (bicyclic) bond motifs is 2. The Morgan fingerprint density at radius 1 is 0.941 bits per heavy atom. The zero-order chi connectivity index (χ0) is 23.5. The van der Waals surface area contributed by atoms with E-state index in [1.54, 1.807) is 7.11 Å². The predicted octanol–water partition coefficient (Wildman–Crippen LogP) is 5.92. The maximum Gasteiger partial charge on any atom is 0.338 e. The molecule has 0 saturated heterocycles. The van der Waals surface area contributed by atoms with Crippen LogP contribution in [0, 0.1) is 17.8 Å². The lowest BCUT2D eigenvalue weighted by Crippen LogP contribution is -2.29. The number of aldehydes is 1. The largest absolute Gasteiger partial charge is 0.496 e. The van der Waals surface area contributed by atoms with Crippen LogP contribution in [-0.2, 0) is 22.4 Å². The Labute approximate surface area is 200 Å². The normalized spacial score (nSPS) is 23.0. The molecule has 5 rings (SSSR count). The molecule has 0 bridgehead atoms. The third-order valence-electron chi connectivity index (χ3n) is 7.64. The molecule has 0 N–H and O–H groups in total. The lowest BCUT2D eigenvalue weighted by atomic mass is 9.73. The average Bonchev–Trinajstić information content (AvgIpc) is 3.21. The van der Waals surface area contributed by atoms with Gasteiger partial charge in [-0.05, 0) is 83.9 Å². The standard InChI is InChI=1S/C30H30O4/c1-33-28-11-5-9-23-17-26-24(18-27(23)28)19-29(25(26)10-6-16-31)34-30(32)22-14-12-21(13-15-22)20-7-3-2-4-8-20/h2-5,7-9,11-16,24-26,29H,6,10,17-19H2,1H3/t24?,25-,26+,29?/m1/s1. The van der Waals surface area contributed by atoms with Crippen LogP contribution < -0.4 is 4.74 Å². The zero-order valence-corrected chi connectivity index (χ0v) is 19.5. The van der Waals surface area contributed by atoms with Crippen LogP contribution in [0.5, 0.6) is 5.75 Å². The molecular formula is C30H30O4. The minimum atomic E-state index is -0.283. The van der Waals surface area contributed by atoms with Crippen molar-refractivity contribution in [3.05, 3.63) is 89.5 Å². The van der Waals surface area contributed by atoms with Crippen LogP contribution in [0.3, 0.4) is 0 Å². The third kappa shape index (κ3) is 4.37. The quantitative estimate of drug-likeness (QED) is 0.329. The summed E-state index contributed by atoms with van der Waals surface area (Å²) in [4.78, 5) is 24.3. The second-order valence-corrected chi connectivity index (χ2v) is 9.46. The molecule has 0 aromatic heterocycles. The lowest BCUT2D eigenvalue weighted by Gasteiger charge is -2.32. The van der Waals surface area contributed by atoms with E-state index in [4.69, 9.17) is 9.47 Å². The fraction of sp³-hybridized carbons (Fsp3) is 0.333. The number of hydrogen-bond acceptors (Lipinski definition) is 4. The van der Waals surface area contributed by atoms with Crippen molar-refractivity contribution in [2.75, 3.05) is 7.11 Å². The van der Waals surface area contributed by atoms with Gasteiger partial charge in [0, 0.05) is 6.42 Å². The first-order chi connectivity index (χ1) is 16.7. The van der Waals surface area contributed by atoms with Gasteiger partial charge in [-0.1, -0.05) is 54.6 Å². The Kier molecular flexibility index (Phi) is 6.48. The van der Waals surface area contributed by atoms with Gasteiger partial charge >= 0.3 is 5.97 Å². The molecule has 3 aromatic carbocycles. The van der Waals surface area contributed by atoms with Gasteiger partial charge in [0.2, 0.25) is 0 Å². The predicted molar refractivity (Wildman–Crippen MR) is 132 cm³/mol. The van der Waals surface area contributed by atoms with Gasteiger partial charge < -0.3 is 14.3 Å². The maximum absolute atomic E-state index is 13.1. The molecule has 174 valence electrons. The molecule has 4 heteroatoms. The summed E-state index contributed by atoms with van der Waals surface area (Å²) >= 11 is 0. The van der Waals surface area contributed by atoms with Crippen molar-refractivity contribution in [1.29, 1.82) is 0 Å². The molecule has 0 spiro atoms. The summed E-state index contributed by atoms with van der Waals surface area (Å²) in [5.74, 6) is 1.70. The Bertz CT molecular complexity index is 1150. The molecule has 2 unspecified atom stereocenters. The number of esters is 1. The van der Waals surface area contributed by atoms with Crippen molar-refractivity contribution in [3.8, 4) is 16.9 Å². The van der Waals surface area contributed by atoms with Crippen LogP contribution >= 0.6 is 0 Å². The molecule has 4 atom stereocenters. The molecule has 0 amide bonds. The van der Waals surface area contributed by atoms with Crippen LogP contribution in [0.15, 0.2) is 72.8 Å². The van der Waals surface area contributed by atoms with E-state index in [0.29, 0.717) is 23.8 Å². The lowest BCUT2D eigenvalue weighted by molar-refractivity contribution is -0.108. The number of ether oxygens (including phenoxy) is 2. The zero-order valence-electron chi connectivity index (χ0n) is 19.5. The van der Waals surface area contributed by atoms with E-state index in [1.807, 2.05) is 54.6 Å². The van der Waals surface area contributed by atoms with Crippen molar-refractivity contribution in [2.45, 2.75) is 38.2 Å². The molecule has 1 saturated carbocycles. The monoisotopic (exact) mass is 454 g/mol. The van der Waals surface area contributed by atoms with Crippen LogP contribution in [0.25, 0.3) is 11.1 Å². The van der Waals surface area contributed by atoms with E-state index in [2.05, 4.69) is 18.2 Å². The van der Waals surface area contributed by atoms with E-state index in [-0.39, 0.29) is 18.0 Å². The number of benzene rings is 3. The highest BCUT2D eigenvalue weighted by molar-refractivity contribution is 5.90. The summed E-state index contributed by atoms with van der Waals surface area (Å²) < 4.78 is 11.7. The van der Waals surface area contributed by atoms with Crippen LogP contribution in [-0.4, -0.2) is 25.5 Å². The van der Waals surface area contributed by atoms with E-state index < -0.39 is 0 Å². The van der Waals surface area contributed by atoms with Gasteiger partial charge in [0.1, 0.15) is 18.1 Å². The smallest absolute Gasteiger partial charge is 0.338 e. The molecule has 0 radical (unpaired) electrons. The Morgan fingerprint density at radius 3 is 2.44 bits per heavy atom. The summed E-state index contributed by atoms with van der Waals surface area (Å²) in [5.41, 5.74) is 5.35. The van der Waals surface area contributed by atoms with Gasteiger partial charge in [-0.15, -0.1) is 0 Å². The molecule has 1 fully saturated rings. The van der Waals surface area contributed by atoms with Gasteiger partial charge in [0.25, 0.3) is 0 Å². The Morgan fingerprint density at radius 2 is 1.71 bits per heavy atom. The number of carbonyl (C=O) groups excluding carboxylic acids is 2. The third-order valence-corrected chi connectivity index (χ3v) is 7.64. The molecule has 4 nitrogen and oxygen atoms in total. The number of methoxy groups -OCH3 is 1. The van der Waals surface area contributed by atoms with E-state index in [1.165, 1.54) is 11.1 Å². The van der Waals surface area contributed by atoms with Gasteiger partial charge in [-0.25, -0.2) is 4.79 Å². The summed E-state index contributed by atoms with van der Waals surface area (Å²) in [5, 5.41) is 0. The number of hydrogen-bond donors (Lipinski definition) is 0. The van der Waals surface area contributed by atoms with Crippen molar-refractivity contribution in [1.82, 2.24) is 0 Å². The fourth-order valence-electron chi connectivity index (χ4n) is 6.00. The van der Waals surface area contributed by atoms with Crippen LogP contribution in [0.1, 0.15) is 40.7 Å². The van der Waals surface area contributed by atoms with Gasteiger partial charge in [-0.3, -0.25) is 0 Å². The fourth-order valence-corrected chi connectivity index (χ4v) is 6.00. The highest BCUT2D eigenvalue weighted by Gasteiger charge is 2.47. The van der Waals surface area contributed by atoms with Gasteiger partial charge in [0.15, 0.2) is 0 Å². The Hall–Kier alpha value is -3.40. The van der Waals surface area contributed by atoms with Crippen molar-refractivity contribution >= 4 is 12.3 Å². The summed E-state index contributed by atoms with van der Waals surface area (Å²) in [7, 11) is 1.72. The highest BCUT2D eigenvalue weighted by Crippen LogP contribution is 2.49. The van der Waals surface area contributed by atoms with Crippen molar-refractivity contribution in [2.24, 2.45) is 17.8 Å². The molecule has 34 heavy (non-hydrogen) atoms. The first kappa shape index (κ1) is 22.4. The topological polar surface area (TPSA) is 52.6 Å². The molecule has 0 heterocycles. The minimum Gasteiger partial charge on any atom is -0.496 e. The van der Waals surface area contributed by atoms with Crippen LogP contribution in [0.2, 0.25) is 0 Å². The second-order valence-electron chi connectivity index (χ2n) is 9.46. The second kappa shape index (κ2) is 9.84. The van der Waals surface area contributed by atoms with E-state index in [9.17, 15) is 9.59 Å². The highest BCUT2D eigenvalue weighted by atomic mass is 16.5. The minimum absolute atomic E-state index is 0.170. The first-order valence-electron chi connectivity index (χ1n) is 12.1. The average molecular weight is 455 g/mol. The first-order valence-corrected chi connectivity index (χ1v) is 12.1. The summed E-state index contributed by atoms with van der Waals surface area (Å²) in [6, 6.07) is 24.0. The number of carbonyl (C=O) groups is 2. The molecule has 2 aliphatic carbocycles. The van der Waals surface area contributed by atoms with Crippen LogP contribution in [0.4, 0.5) is 0 Å². The molecular weight excluding hydrogens is 424 g/mol. The van der Waals surface area contributed by atoms with Gasteiger partial charge in [0.05, 0.1) is 12.7 Å². The summed E-state index contributed by atoms with van der Waals surface area (Å²) in [6.07, 6.45) is 4.78. The Balaban J connectivity index is 1.33. The van der Waals surface area contributed by atoms with E-state index >= 15 is 0 Å². The van der Waals surface area contributed by atoms with Crippen molar-refractivity contribution < 1.29 is 19.1 Å².